The van der Waals surface area contributed by atoms with Crippen LogP contribution in [0.25, 0.3) is 0 Å². The highest BCUT2D eigenvalue weighted by Gasteiger charge is 2.52. The molecule has 2 aromatic carbocycles. The fraction of sp³-hybridized carbons (Fsp3) is 0.417. The van der Waals surface area contributed by atoms with Crippen molar-refractivity contribution < 1.29 is 19.4 Å². The second-order valence-corrected chi connectivity index (χ2v) is 7.69. The zero-order valence-corrected chi connectivity index (χ0v) is 17.6. The summed E-state index contributed by atoms with van der Waals surface area (Å²) in [5.74, 6) is 0.339. The van der Waals surface area contributed by atoms with Gasteiger partial charge in [-0.1, -0.05) is 69.2 Å². The number of nitrogens with one attached hydrogen (secondary N) is 1. The minimum absolute atomic E-state index is 0.00246. The number of aliphatic hydroxyl groups excluding tert-OH is 1. The number of unbranched alkanes of at least 4 members (excludes halogenated alkanes) is 1. The smallest absolute Gasteiger partial charge is 0.325 e. The number of imide groups is 1. The van der Waals surface area contributed by atoms with Crippen LogP contribution in [0.15, 0.2) is 54.6 Å². The van der Waals surface area contributed by atoms with Gasteiger partial charge in [0.25, 0.3) is 5.91 Å². The molecule has 2 N–H and O–H groups in total. The molecule has 0 spiro atoms. The van der Waals surface area contributed by atoms with Crippen LogP contribution in [0, 0.1) is 0 Å². The third-order valence-electron chi connectivity index (χ3n) is 5.49. The molecule has 1 heterocycles. The lowest BCUT2D eigenvalue weighted by molar-refractivity contribution is -0.133. The van der Waals surface area contributed by atoms with Crippen molar-refractivity contribution in [3.8, 4) is 5.75 Å². The van der Waals surface area contributed by atoms with E-state index in [0.717, 1.165) is 35.3 Å². The summed E-state index contributed by atoms with van der Waals surface area (Å²) in [6.07, 6.45) is 2.13. The Morgan fingerprint density at radius 3 is 2.57 bits per heavy atom. The van der Waals surface area contributed by atoms with E-state index >= 15 is 0 Å². The van der Waals surface area contributed by atoms with E-state index in [0.29, 0.717) is 12.2 Å². The van der Waals surface area contributed by atoms with Crippen molar-refractivity contribution >= 4 is 11.9 Å². The van der Waals surface area contributed by atoms with Crippen LogP contribution in [0.5, 0.6) is 5.75 Å². The quantitative estimate of drug-likeness (QED) is 0.587. The topological polar surface area (TPSA) is 78.9 Å². The molecule has 6 nitrogen and oxygen atoms in total. The lowest BCUT2D eigenvalue weighted by Crippen LogP contribution is -2.45. The third kappa shape index (κ3) is 4.65. The first-order valence-electron chi connectivity index (χ1n) is 10.6. The van der Waals surface area contributed by atoms with E-state index in [1.54, 1.807) is 0 Å². The molecule has 1 fully saturated rings. The molecule has 0 bridgehead atoms. The number of rotatable bonds is 10. The van der Waals surface area contributed by atoms with Crippen LogP contribution in [0.1, 0.15) is 44.2 Å². The van der Waals surface area contributed by atoms with Gasteiger partial charge in [0.05, 0.1) is 6.54 Å². The van der Waals surface area contributed by atoms with Crippen LogP contribution in [0.2, 0.25) is 0 Å². The molecule has 1 saturated heterocycles. The zero-order chi connectivity index (χ0) is 21.6. The minimum Gasteiger partial charge on any atom is -0.491 e. The molecule has 3 rings (SSSR count). The molecule has 2 atom stereocenters. The predicted octanol–water partition coefficient (Wildman–Crippen LogP) is 3.63. The maximum atomic E-state index is 13.3. The van der Waals surface area contributed by atoms with Crippen molar-refractivity contribution in [1.82, 2.24) is 10.2 Å². The van der Waals surface area contributed by atoms with Gasteiger partial charge in [-0.05, 0) is 36.1 Å². The maximum absolute atomic E-state index is 13.3. The van der Waals surface area contributed by atoms with Crippen LogP contribution in [0.3, 0.4) is 0 Å². The van der Waals surface area contributed by atoms with E-state index in [2.05, 4.69) is 12.2 Å². The van der Waals surface area contributed by atoms with Gasteiger partial charge in [-0.3, -0.25) is 9.69 Å². The average Bonchev–Trinajstić information content (AvgIpc) is 3.02. The molecule has 2 aromatic rings. The van der Waals surface area contributed by atoms with Crippen LogP contribution >= 0.6 is 0 Å². The Balaban J connectivity index is 1.69. The van der Waals surface area contributed by atoms with Gasteiger partial charge in [-0.25, -0.2) is 4.79 Å². The maximum Gasteiger partial charge on any atom is 0.325 e. The molecule has 2 unspecified atom stereocenters. The van der Waals surface area contributed by atoms with Crippen molar-refractivity contribution in [2.45, 2.75) is 51.2 Å². The summed E-state index contributed by atoms with van der Waals surface area (Å²) in [4.78, 5) is 27.1. The molecule has 6 heteroatoms. The molecule has 1 aliphatic heterocycles. The van der Waals surface area contributed by atoms with E-state index < -0.39 is 17.7 Å². The standard InChI is InChI=1S/C24H30N2O4/c1-3-5-14-24(19-11-7-6-8-12-19)22(28)26(23(29)25-24)16-20(27)17-30-21-13-9-10-18(4-2)15-21/h6-13,15,20,27H,3-5,14,16-17H2,1-2H3,(H,25,29). The van der Waals surface area contributed by atoms with E-state index in [4.69, 9.17) is 4.74 Å². The first-order chi connectivity index (χ1) is 14.5. The Kier molecular flexibility index (Phi) is 7.11. The summed E-state index contributed by atoms with van der Waals surface area (Å²) >= 11 is 0. The molecule has 0 aliphatic carbocycles. The van der Waals surface area contributed by atoms with Gasteiger partial charge < -0.3 is 15.2 Å². The molecular formula is C24H30N2O4. The van der Waals surface area contributed by atoms with E-state index in [1.165, 1.54) is 0 Å². The number of amides is 3. The molecule has 160 valence electrons. The number of carbonyl (C=O) groups is 2. The molecule has 1 aliphatic rings. The SMILES string of the molecule is CCCCC1(c2ccccc2)NC(=O)N(CC(O)COc2cccc(CC)c2)C1=O. The molecule has 0 radical (unpaired) electrons. The zero-order valence-electron chi connectivity index (χ0n) is 17.6. The molecule has 30 heavy (non-hydrogen) atoms. The van der Waals surface area contributed by atoms with Gasteiger partial charge >= 0.3 is 6.03 Å². The van der Waals surface area contributed by atoms with Gasteiger partial charge in [-0.2, -0.15) is 0 Å². The minimum atomic E-state index is -1.08. The van der Waals surface area contributed by atoms with Gasteiger partial charge in [0, 0.05) is 0 Å². The highest BCUT2D eigenvalue weighted by atomic mass is 16.5. The number of nitrogens with zero attached hydrogens (tertiary/aromatic N) is 1. The summed E-state index contributed by atoms with van der Waals surface area (Å²) in [6, 6.07) is 16.5. The summed E-state index contributed by atoms with van der Waals surface area (Å²) in [6.45, 7) is 3.99. The fourth-order valence-electron chi connectivity index (χ4n) is 3.78. The third-order valence-corrected chi connectivity index (χ3v) is 5.49. The number of benzene rings is 2. The number of hydrogen-bond acceptors (Lipinski definition) is 4. The Morgan fingerprint density at radius 2 is 1.87 bits per heavy atom. The first kappa shape index (κ1) is 21.8. The van der Waals surface area contributed by atoms with Gasteiger partial charge in [0.1, 0.15) is 24.0 Å². The Bertz CT molecular complexity index is 871. The molecular weight excluding hydrogens is 380 g/mol. The number of carbonyl (C=O) groups excluding carboxylic acids is 2. The van der Waals surface area contributed by atoms with E-state index in [-0.39, 0.29) is 19.1 Å². The number of β-amino-alcohol motifs (C(OH)–C–C–N with tert-alkyl or cyclic N) is 1. The number of urea groups is 1. The predicted molar refractivity (Wildman–Crippen MR) is 115 cm³/mol. The average molecular weight is 411 g/mol. The van der Waals surface area contributed by atoms with Crippen LogP contribution < -0.4 is 10.1 Å². The summed E-state index contributed by atoms with van der Waals surface area (Å²) in [5.41, 5.74) is 0.825. The van der Waals surface area contributed by atoms with E-state index in [9.17, 15) is 14.7 Å². The molecule has 0 saturated carbocycles. The van der Waals surface area contributed by atoms with Crippen molar-refractivity contribution in [3.63, 3.8) is 0 Å². The number of hydrogen-bond donors (Lipinski definition) is 2. The highest BCUT2D eigenvalue weighted by Crippen LogP contribution is 2.34. The largest absolute Gasteiger partial charge is 0.491 e. The molecule has 0 aromatic heterocycles. The molecule has 3 amide bonds. The normalized spacial score (nSPS) is 19.6. The van der Waals surface area contributed by atoms with E-state index in [1.807, 2.05) is 61.5 Å². The Morgan fingerprint density at radius 1 is 1.10 bits per heavy atom. The second-order valence-electron chi connectivity index (χ2n) is 7.69. The summed E-state index contributed by atoms with van der Waals surface area (Å²) < 4.78 is 5.67. The fourth-order valence-corrected chi connectivity index (χ4v) is 3.78. The Hall–Kier alpha value is -2.86. The van der Waals surface area contributed by atoms with Gasteiger partial charge in [0.15, 0.2) is 0 Å². The highest BCUT2D eigenvalue weighted by molar-refractivity contribution is 6.07. The van der Waals surface area contributed by atoms with Crippen LogP contribution in [0.4, 0.5) is 4.79 Å². The van der Waals surface area contributed by atoms with Gasteiger partial charge in [0.2, 0.25) is 0 Å². The van der Waals surface area contributed by atoms with Crippen molar-refractivity contribution in [2.75, 3.05) is 13.2 Å². The van der Waals surface area contributed by atoms with Crippen LogP contribution in [-0.4, -0.2) is 41.2 Å². The van der Waals surface area contributed by atoms with Gasteiger partial charge in [-0.15, -0.1) is 0 Å². The lowest BCUT2D eigenvalue weighted by Gasteiger charge is -2.27. The Labute approximate surface area is 177 Å². The number of ether oxygens (including phenoxy) is 1. The monoisotopic (exact) mass is 410 g/mol. The van der Waals surface area contributed by atoms with Crippen LogP contribution in [-0.2, 0) is 16.8 Å². The first-order valence-corrected chi connectivity index (χ1v) is 10.6. The van der Waals surface area contributed by atoms with Crippen molar-refractivity contribution in [1.29, 1.82) is 0 Å². The van der Waals surface area contributed by atoms with Crippen molar-refractivity contribution in [3.05, 3.63) is 65.7 Å². The van der Waals surface area contributed by atoms with Crippen molar-refractivity contribution in [2.24, 2.45) is 0 Å². The number of aliphatic hydroxyl groups is 1. The lowest BCUT2D eigenvalue weighted by atomic mass is 9.85. The summed E-state index contributed by atoms with van der Waals surface area (Å²) in [7, 11) is 0. The number of aryl methyl sites for hydroxylation is 1. The second kappa shape index (κ2) is 9.76. The summed E-state index contributed by atoms with van der Waals surface area (Å²) in [5, 5.41) is 13.3.